The lowest BCUT2D eigenvalue weighted by Gasteiger charge is -2.33. The van der Waals surface area contributed by atoms with Crippen LogP contribution >= 0.6 is 0 Å². The molecule has 0 aromatic heterocycles. The molecule has 0 N–H and O–H groups in total. The predicted octanol–water partition coefficient (Wildman–Crippen LogP) is 3.10. The zero-order valence-electron chi connectivity index (χ0n) is 15.0. The molecule has 2 atom stereocenters. The molecule has 24 heavy (non-hydrogen) atoms. The van der Waals surface area contributed by atoms with Crippen molar-refractivity contribution in [3.05, 3.63) is 29.8 Å². The molecule has 132 valence electrons. The summed E-state index contributed by atoms with van der Waals surface area (Å²) in [6, 6.07) is 9.15. The van der Waals surface area contributed by atoms with E-state index in [4.69, 9.17) is 4.74 Å². The van der Waals surface area contributed by atoms with Crippen LogP contribution < -0.4 is 4.74 Å². The Balaban J connectivity index is 1.54. The number of carbonyl (C=O) groups is 1. The van der Waals surface area contributed by atoms with E-state index in [0.29, 0.717) is 31.0 Å². The van der Waals surface area contributed by atoms with Crippen molar-refractivity contribution >= 4 is 5.91 Å². The molecule has 2 aliphatic heterocycles. The second-order valence-corrected chi connectivity index (χ2v) is 7.06. The Morgan fingerprint density at radius 2 is 1.83 bits per heavy atom. The molecule has 1 amide bonds. The summed E-state index contributed by atoms with van der Waals surface area (Å²) >= 11 is 0. The van der Waals surface area contributed by atoms with Crippen LogP contribution in [0.3, 0.4) is 0 Å². The summed E-state index contributed by atoms with van der Waals surface area (Å²) in [7, 11) is 2.21. The Morgan fingerprint density at radius 3 is 2.50 bits per heavy atom. The largest absolute Gasteiger partial charge is 0.494 e. The topological polar surface area (TPSA) is 32.8 Å². The minimum atomic E-state index is 0.326. The van der Waals surface area contributed by atoms with Crippen molar-refractivity contribution in [1.29, 1.82) is 0 Å². The van der Waals surface area contributed by atoms with E-state index >= 15 is 0 Å². The highest BCUT2D eigenvalue weighted by Gasteiger charge is 2.37. The summed E-state index contributed by atoms with van der Waals surface area (Å²) in [5.41, 5.74) is 1.21. The van der Waals surface area contributed by atoms with E-state index in [-0.39, 0.29) is 0 Å². The Bertz CT molecular complexity index is 543. The first-order valence-electron chi connectivity index (χ1n) is 9.40. The molecule has 0 unspecified atom stereocenters. The number of likely N-dealkylation sites (N-methyl/N-ethyl adjacent to an activating group) is 1. The van der Waals surface area contributed by atoms with Gasteiger partial charge in [0.05, 0.1) is 6.61 Å². The third kappa shape index (κ3) is 3.92. The molecular weight excluding hydrogens is 300 g/mol. The van der Waals surface area contributed by atoms with Crippen molar-refractivity contribution in [2.45, 2.75) is 57.5 Å². The Hall–Kier alpha value is -1.55. The fourth-order valence-corrected chi connectivity index (χ4v) is 4.24. The number of amides is 1. The van der Waals surface area contributed by atoms with E-state index in [9.17, 15) is 4.79 Å². The summed E-state index contributed by atoms with van der Waals surface area (Å²) < 4.78 is 5.47. The maximum atomic E-state index is 12.7. The highest BCUT2D eigenvalue weighted by atomic mass is 16.5. The molecule has 0 aliphatic carbocycles. The molecule has 0 saturated carbocycles. The number of aryl methyl sites for hydroxylation is 1. The average molecular weight is 330 g/mol. The lowest BCUT2D eigenvalue weighted by molar-refractivity contribution is -0.132. The summed E-state index contributed by atoms with van der Waals surface area (Å²) in [4.78, 5) is 17.4. The molecule has 3 rings (SSSR count). The van der Waals surface area contributed by atoms with Gasteiger partial charge in [0.15, 0.2) is 0 Å². The van der Waals surface area contributed by atoms with Crippen LogP contribution in [0, 0.1) is 0 Å². The van der Waals surface area contributed by atoms with Crippen LogP contribution in [0.15, 0.2) is 24.3 Å². The first kappa shape index (κ1) is 17.3. The van der Waals surface area contributed by atoms with Gasteiger partial charge in [-0.1, -0.05) is 12.1 Å². The second-order valence-electron chi connectivity index (χ2n) is 7.06. The number of likely N-dealkylation sites (tertiary alicyclic amines) is 2. The lowest BCUT2D eigenvalue weighted by atomic mass is 10.0. The molecule has 1 aromatic rings. The number of benzene rings is 1. The fraction of sp³-hybridized carbons (Fsp3) is 0.650. The molecule has 0 spiro atoms. The van der Waals surface area contributed by atoms with E-state index in [1.54, 1.807) is 0 Å². The van der Waals surface area contributed by atoms with Crippen molar-refractivity contribution in [3.8, 4) is 5.75 Å². The van der Waals surface area contributed by atoms with Gasteiger partial charge >= 0.3 is 0 Å². The second kappa shape index (κ2) is 8.02. The van der Waals surface area contributed by atoms with Gasteiger partial charge in [0.2, 0.25) is 5.91 Å². The summed E-state index contributed by atoms with van der Waals surface area (Å²) in [6.07, 6.45) is 6.26. The van der Waals surface area contributed by atoms with Crippen LogP contribution in [-0.2, 0) is 11.2 Å². The average Bonchev–Trinajstić information content (AvgIpc) is 3.22. The molecule has 2 fully saturated rings. The molecule has 1 aromatic carbocycles. The third-order valence-electron chi connectivity index (χ3n) is 5.50. The van der Waals surface area contributed by atoms with Crippen molar-refractivity contribution in [3.63, 3.8) is 0 Å². The molecule has 2 saturated heterocycles. The monoisotopic (exact) mass is 330 g/mol. The van der Waals surface area contributed by atoms with Crippen molar-refractivity contribution in [2.24, 2.45) is 0 Å². The van der Waals surface area contributed by atoms with E-state index in [1.165, 1.54) is 31.4 Å². The number of carbonyl (C=O) groups excluding carboxylic acids is 1. The Morgan fingerprint density at radius 1 is 1.12 bits per heavy atom. The van der Waals surface area contributed by atoms with Crippen LogP contribution in [0.4, 0.5) is 0 Å². The highest BCUT2D eigenvalue weighted by Crippen LogP contribution is 2.29. The molecule has 4 nitrogen and oxygen atoms in total. The van der Waals surface area contributed by atoms with Gasteiger partial charge in [0, 0.05) is 25.0 Å². The van der Waals surface area contributed by atoms with Gasteiger partial charge in [-0.15, -0.1) is 0 Å². The van der Waals surface area contributed by atoms with Gasteiger partial charge in [-0.2, -0.15) is 0 Å². The predicted molar refractivity (Wildman–Crippen MR) is 96.3 cm³/mol. The first-order valence-corrected chi connectivity index (χ1v) is 9.40. The minimum Gasteiger partial charge on any atom is -0.494 e. The highest BCUT2D eigenvalue weighted by molar-refractivity contribution is 5.77. The first-order chi connectivity index (χ1) is 11.7. The fourth-order valence-electron chi connectivity index (χ4n) is 4.24. The third-order valence-corrected chi connectivity index (χ3v) is 5.50. The minimum absolute atomic E-state index is 0.326. The number of hydrogen-bond donors (Lipinski definition) is 0. The van der Waals surface area contributed by atoms with Gasteiger partial charge in [0.1, 0.15) is 5.75 Å². The Kier molecular flexibility index (Phi) is 5.77. The van der Waals surface area contributed by atoms with Gasteiger partial charge in [-0.05, 0) is 70.3 Å². The number of hydrogen-bond acceptors (Lipinski definition) is 3. The van der Waals surface area contributed by atoms with Crippen LogP contribution in [0.1, 0.15) is 44.6 Å². The van der Waals surface area contributed by atoms with Crippen LogP contribution in [0.25, 0.3) is 0 Å². The summed E-state index contributed by atoms with van der Waals surface area (Å²) in [5, 5.41) is 0. The molecular formula is C20H30N2O2. The van der Waals surface area contributed by atoms with E-state index in [2.05, 4.69) is 29.0 Å². The van der Waals surface area contributed by atoms with E-state index in [1.807, 2.05) is 19.1 Å². The molecule has 2 heterocycles. The maximum Gasteiger partial charge on any atom is 0.223 e. The van der Waals surface area contributed by atoms with Crippen LogP contribution in [-0.4, -0.2) is 54.5 Å². The number of ether oxygens (including phenoxy) is 1. The molecule has 4 heteroatoms. The van der Waals surface area contributed by atoms with Crippen molar-refractivity contribution < 1.29 is 9.53 Å². The smallest absolute Gasteiger partial charge is 0.223 e. The van der Waals surface area contributed by atoms with E-state index in [0.717, 1.165) is 25.1 Å². The normalized spacial score (nSPS) is 24.5. The lowest BCUT2D eigenvalue weighted by Crippen LogP contribution is -2.47. The zero-order valence-corrected chi connectivity index (χ0v) is 15.0. The molecule has 0 bridgehead atoms. The zero-order chi connectivity index (χ0) is 16.9. The van der Waals surface area contributed by atoms with Crippen LogP contribution in [0.2, 0.25) is 0 Å². The van der Waals surface area contributed by atoms with Gasteiger partial charge in [-0.3, -0.25) is 4.79 Å². The number of nitrogens with zero attached hydrogens (tertiary/aromatic N) is 2. The quantitative estimate of drug-likeness (QED) is 0.803. The SMILES string of the molecule is CCOc1ccc(CCC(=O)N2CCC[C@H]2[C@@H]2CCCN2C)cc1. The van der Waals surface area contributed by atoms with Gasteiger partial charge in [0.25, 0.3) is 0 Å². The summed E-state index contributed by atoms with van der Waals surface area (Å²) in [5.74, 6) is 1.23. The summed E-state index contributed by atoms with van der Waals surface area (Å²) in [6.45, 7) is 4.79. The van der Waals surface area contributed by atoms with Crippen LogP contribution in [0.5, 0.6) is 5.75 Å². The molecule has 0 radical (unpaired) electrons. The standard InChI is InChI=1S/C20H30N2O2/c1-3-24-17-11-8-16(9-12-17)10-13-20(23)22-15-5-7-19(22)18-6-4-14-21(18)2/h8-9,11-12,18-19H,3-7,10,13-15H2,1-2H3/t18-,19-/m0/s1. The van der Waals surface area contributed by atoms with E-state index < -0.39 is 0 Å². The van der Waals surface area contributed by atoms with Crippen molar-refractivity contribution in [2.75, 3.05) is 26.7 Å². The number of rotatable bonds is 6. The van der Waals surface area contributed by atoms with Crippen molar-refractivity contribution in [1.82, 2.24) is 9.80 Å². The Labute approximate surface area is 145 Å². The van der Waals surface area contributed by atoms with Gasteiger partial charge in [-0.25, -0.2) is 0 Å². The maximum absolute atomic E-state index is 12.7. The van der Waals surface area contributed by atoms with Gasteiger partial charge < -0.3 is 14.5 Å². The molecule has 2 aliphatic rings.